The Morgan fingerprint density at radius 3 is 2.52 bits per heavy atom. The number of methoxy groups -OCH3 is 1. The molecule has 0 radical (unpaired) electrons. The lowest BCUT2D eigenvalue weighted by Crippen LogP contribution is -2.45. The fourth-order valence-corrected chi connectivity index (χ4v) is 1.82. The van der Waals surface area contributed by atoms with Crippen molar-refractivity contribution in [1.82, 2.24) is 10.6 Å². The predicted molar refractivity (Wildman–Crippen MR) is 107 cm³/mol. The molecule has 0 bridgehead atoms. The smallest absolute Gasteiger partial charge is 0.191 e. The number of nitrogens with zero attached hydrogens (tertiary/aromatic N) is 1. The van der Waals surface area contributed by atoms with E-state index in [1.165, 1.54) is 0 Å². The minimum Gasteiger partial charge on any atom is -0.496 e. The molecule has 1 aromatic rings. The Morgan fingerprint density at radius 2 is 1.91 bits per heavy atom. The van der Waals surface area contributed by atoms with Crippen molar-refractivity contribution in [1.29, 1.82) is 0 Å². The number of para-hydroxylation sites is 1. The van der Waals surface area contributed by atoms with Gasteiger partial charge < -0.3 is 20.1 Å². The zero-order valence-corrected chi connectivity index (χ0v) is 17.1. The Kier molecular flexibility index (Phi) is 11.9. The van der Waals surface area contributed by atoms with Crippen LogP contribution in [0.3, 0.4) is 0 Å². The van der Waals surface area contributed by atoms with Crippen LogP contribution < -0.4 is 15.4 Å². The second-order valence-electron chi connectivity index (χ2n) is 5.54. The van der Waals surface area contributed by atoms with Gasteiger partial charge in [0.2, 0.25) is 0 Å². The van der Waals surface area contributed by atoms with Crippen LogP contribution in [0.15, 0.2) is 29.3 Å². The van der Waals surface area contributed by atoms with Crippen molar-refractivity contribution < 1.29 is 9.47 Å². The Hall–Kier alpha value is -1.02. The Morgan fingerprint density at radius 1 is 1.22 bits per heavy atom. The van der Waals surface area contributed by atoms with Gasteiger partial charge in [-0.1, -0.05) is 32.0 Å². The summed E-state index contributed by atoms with van der Waals surface area (Å²) < 4.78 is 11.0. The van der Waals surface area contributed by atoms with Crippen LogP contribution in [0.5, 0.6) is 5.75 Å². The third-order valence-corrected chi connectivity index (χ3v) is 3.58. The zero-order valence-electron chi connectivity index (χ0n) is 14.8. The number of hydrogen-bond donors (Lipinski definition) is 2. The Labute approximate surface area is 157 Å². The van der Waals surface area contributed by atoms with E-state index in [1.54, 1.807) is 14.2 Å². The molecule has 0 aromatic heterocycles. The molecule has 0 fully saturated rings. The summed E-state index contributed by atoms with van der Waals surface area (Å²) >= 11 is 0. The molecule has 0 aliphatic heterocycles. The van der Waals surface area contributed by atoms with Crippen LogP contribution in [0.1, 0.15) is 26.3 Å². The van der Waals surface area contributed by atoms with Gasteiger partial charge in [-0.05, 0) is 18.9 Å². The first kappa shape index (κ1) is 22.0. The largest absolute Gasteiger partial charge is 0.496 e. The summed E-state index contributed by atoms with van der Waals surface area (Å²) in [5.74, 6) is 2.22. The van der Waals surface area contributed by atoms with Crippen molar-refractivity contribution >= 4 is 29.9 Å². The minimum absolute atomic E-state index is 0. The van der Waals surface area contributed by atoms with Gasteiger partial charge in [-0.3, -0.25) is 4.99 Å². The van der Waals surface area contributed by atoms with Gasteiger partial charge in [0.05, 0.1) is 20.3 Å². The summed E-state index contributed by atoms with van der Waals surface area (Å²) in [6.45, 7) is 8.37. The number of nitrogens with one attached hydrogen (secondary N) is 2. The summed E-state index contributed by atoms with van der Waals surface area (Å²) in [7, 11) is 3.45. The molecule has 0 saturated heterocycles. The first-order valence-electron chi connectivity index (χ1n) is 7.75. The van der Waals surface area contributed by atoms with Gasteiger partial charge in [0.25, 0.3) is 0 Å². The van der Waals surface area contributed by atoms with E-state index in [2.05, 4.69) is 36.4 Å². The molecule has 0 aliphatic carbocycles. The molecule has 0 spiro atoms. The van der Waals surface area contributed by atoms with E-state index in [0.717, 1.165) is 17.3 Å². The monoisotopic (exact) mass is 435 g/mol. The Bertz CT molecular complexity index is 467. The normalized spacial score (nSPS) is 12.5. The van der Waals surface area contributed by atoms with Crippen LogP contribution >= 0.6 is 24.0 Å². The summed E-state index contributed by atoms with van der Waals surface area (Å²) in [6.07, 6.45) is 0. The van der Waals surface area contributed by atoms with Gasteiger partial charge >= 0.3 is 0 Å². The lowest BCUT2D eigenvalue weighted by Gasteiger charge is -2.20. The average molecular weight is 435 g/mol. The number of ether oxygens (including phenoxy) is 2. The van der Waals surface area contributed by atoms with Crippen LogP contribution in [0, 0.1) is 5.92 Å². The first-order chi connectivity index (χ1) is 10.6. The number of hydrogen-bond acceptors (Lipinski definition) is 3. The van der Waals surface area contributed by atoms with Crippen LogP contribution in [0.2, 0.25) is 0 Å². The van der Waals surface area contributed by atoms with Gasteiger partial charge in [-0.2, -0.15) is 0 Å². The number of aliphatic imine (C=N–C) groups is 1. The van der Waals surface area contributed by atoms with Crippen LogP contribution in [0.4, 0.5) is 0 Å². The van der Waals surface area contributed by atoms with E-state index < -0.39 is 0 Å². The number of guanidine groups is 1. The van der Waals surface area contributed by atoms with Crippen molar-refractivity contribution in [3.63, 3.8) is 0 Å². The molecule has 0 heterocycles. The third-order valence-electron chi connectivity index (χ3n) is 3.58. The van der Waals surface area contributed by atoms with Crippen LogP contribution in [-0.2, 0) is 11.3 Å². The first-order valence-corrected chi connectivity index (χ1v) is 7.75. The summed E-state index contributed by atoms with van der Waals surface area (Å²) in [4.78, 5) is 4.21. The van der Waals surface area contributed by atoms with Crippen molar-refractivity contribution in [2.45, 2.75) is 33.4 Å². The second kappa shape index (κ2) is 12.4. The molecule has 0 saturated carbocycles. The average Bonchev–Trinajstić information content (AvgIpc) is 2.53. The molecule has 1 aromatic carbocycles. The number of rotatable bonds is 8. The summed E-state index contributed by atoms with van der Waals surface area (Å²) in [5, 5.41) is 6.61. The molecule has 132 valence electrons. The highest BCUT2D eigenvalue weighted by atomic mass is 127. The van der Waals surface area contributed by atoms with Crippen molar-refractivity contribution in [3.8, 4) is 5.75 Å². The van der Waals surface area contributed by atoms with Gasteiger partial charge in [-0.15, -0.1) is 24.0 Å². The lowest BCUT2D eigenvalue weighted by atomic mass is 10.1. The molecular weight excluding hydrogens is 405 g/mol. The van der Waals surface area contributed by atoms with E-state index in [9.17, 15) is 0 Å². The molecule has 1 unspecified atom stereocenters. The molecular formula is C17H30IN3O2. The van der Waals surface area contributed by atoms with E-state index in [-0.39, 0.29) is 24.0 Å². The maximum atomic E-state index is 5.68. The lowest BCUT2D eigenvalue weighted by molar-refractivity contribution is 0.123. The maximum absolute atomic E-state index is 5.68. The van der Waals surface area contributed by atoms with Crippen molar-refractivity contribution in [2.24, 2.45) is 10.9 Å². The van der Waals surface area contributed by atoms with Crippen molar-refractivity contribution in [3.05, 3.63) is 29.8 Å². The van der Waals surface area contributed by atoms with Crippen LogP contribution in [-0.4, -0.2) is 39.3 Å². The number of halogens is 1. The number of benzene rings is 1. The summed E-state index contributed by atoms with van der Waals surface area (Å²) in [6, 6.07) is 8.27. The van der Waals surface area contributed by atoms with E-state index in [1.807, 2.05) is 24.3 Å². The maximum Gasteiger partial charge on any atom is 0.191 e. The molecule has 0 aliphatic rings. The predicted octanol–water partition coefficient (Wildman–Crippen LogP) is 3.04. The van der Waals surface area contributed by atoms with Gasteiger partial charge in [0, 0.05) is 25.2 Å². The minimum atomic E-state index is 0. The van der Waals surface area contributed by atoms with Crippen LogP contribution in [0.25, 0.3) is 0 Å². The second-order valence-corrected chi connectivity index (χ2v) is 5.54. The highest BCUT2D eigenvalue weighted by Crippen LogP contribution is 2.17. The molecule has 1 rings (SSSR count). The van der Waals surface area contributed by atoms with E-state index in [4.69, 9.17) is 9.47 Å². The fraction of sp³-hybridized carbons (Fsp3) is 0.588. The van der Waals surface area contributed by atoms with Gasteiger partial charge in [0.15, 0.2) is 5.96 Å². The Balaban J connectivity index is 0.00000484. The SMILES string of the molecule is CN=C(NCCOCc1ccccc1OC)NC(C)C(C)C.I. The topological polar surface area (TPSA) is 54.9 Å². The van der Waals surface area contributed by atoms with E-state index in [0.29, 0.717) is 31.7 Å². The van der Waals surface area contributed by atoms with Crippen molar-refractivity contribution in [2.75, 3.05) is 27.3 Å². The molecule has 23 heavy (non-hydrogen) atoms. The van der Waals surface area contributed by atoms with E-state index >= 15 is 0 Å². The van der Waals surface area contributed by atoms with Gasteiger partial charge in [0.1, 0.15) is 5.75 Å². The molecule has 5 nitrogen and oxygen atoms in total. The zero-order chi connectivity index (χ0) is 16.4. The standard InChI is InChI=1S/C17H29N3O2.HI/c1-13(2)14(3)20-17(18-4)19-10-11-22-12-15-8-6-7-9-16(15)21-5;/h6-9,13-14H,10-12H2,1-5H3,(H2,18,19,20);1H. The fourth-order valence-electron chi connectivity index (χ4n) is 1.82. The molecule has 6 heteroatoms. The molecule has 2 N–H and O–H groups in total. The highest BCUT2D eigenvalue weighted by Gasteiger charge is 2.08. The molecule has 1 atom stereocenters. The highest BCUT2D eigenvalue weighted by molar-refractivity contribution is 14.0. The van der Waals surface area contributed by atoms with Gasteiger partial charge in [-0.25, -0.2) is 0 Å². The molecule has 0 amide bonds. The third kappa shape index (κ3) is 8.41. The quantitative estimate of drug-likeness (QED) is 0.285. The summed E-state index contributed by atoms with van der Waals surface area (Å²) in [5.41, 5.74) is 1.06.